The van der Waals surface area contributed by atoms with Crippen molar-refractivity contribution in [3.63, 3.8) is 0 Å². The van der Waals surface area contributed by atoms with Gasteiger partial charge in [0.2, 0.25) is 5.91 Å². The topological polar surface area (TPSA) is 36.4 Å². The van der Waals surface area contributed by atoms with Gasteiger partial charge < -0.3 is 4.90 Å². The Hall–Kier alpha value is -1.42. The number of pyridine rings is 1. The van der Waals surface area contributed by atoms with E-state index in [0.29, 0.717) is 6.54 Å². The number of carbonyl (C=O) groups is 1. The fourth-order valence-corrected chi connectivity index (χ4v) is 3.57. The molecule has 1 aromatic heterocycles. The van der Waals surface area contributed by atoms with E-state index in [-0.39, 0.29) is 11.9 Å². The Labute approximate surface area is 127 Å². The molecule has 1 aliphatic carbocycles. The quantitative estimate of drug-likeness (QED) is 0.853. The van der Waals surface area contributed by atoms with Gasteiger partial charge in [0.1, 0.15) is 0 Å². The van der Waals surface area contributed by atoms with Crippen molar-refractivity contribution in [1.82, 2.24) is 14.8 Å². The third-order valence-corrected chi connectivity index (χ3v) is 4.97. The lowest BCUT2D eigenvalue weighted by molar-refractivity contribution is -0.137. The third kappa shape index (κ3) is 3.43. The second-order valence-corrected chi connectivity index (χ2v) is 6.39. The summed E-state index contributed by atoms with van der Waals surface area (Å²) in [5, 5.41) is 0. The van der Waals surface area contributed by atoms with Crippen LogP contribution in [0.3, 0.4) is 0 Å². The number of rotatable bonds is 4. The Kier molecular flexibility index (Phi) is 4.54. The smallest absolute Gasteiger partial charge is 0.236 e. The van der Waals surface area contributed by atoms with Crippen LogP contribution in [0.4, 0.5) is 0 Å². The fourth-order valence-electron chi connectivity index (χ4n) is 3.57. The molecule has 0 bridgehead atoms. The normalized spacial score (nSPS) is 22.7. The van der Waals surface area contributed by atoms with Crippen LogP contribution in [0.5, 0.6) is 0 Å². The van der Waals surface area contributed by atoms with E-state index >= 15 is 0 Å². The number of hydrogen-bond donors (Lipinski definition) is 0. The molecule has 3 rings (SSSR count). The van der Waals surface area contributed by atoms with E-state index in [9.17, 15) is 4.79 Å². The Bertz CT molecular complexity index is 470. The molecule has 1 aromatic rings. The first-order valence-corrected chi connectivity index (χ1v) is 8.17. The molecule has 2 aliphatic rings. The number of piperazine rings is 1. The minimum atomic E-state index is 0.212. The van der Waals surface area contributed by atoms with Gasteiger partial charge in [-0.2, -0.15) is 0 Å². The van der Waals surface area contributed by atoms with Gasteiger partial charge in [0.25, 0.3) is 0 Å². The van der Waals surface area contributed by atoms with Gasteiger partial charge in [0.15, 0.2) is 0 Å². The van der Waals surface area contributed by atoms with Crippen molar-refractivity contribution in [2.45, 2.75) is 38.6 Å². The van der Waals surface area contributed by atoms with Gasteiger partial charge in [0.05, 0.1) is 12.2 Å². The zero-order valence-electron chi connectivity index (χ0n) is 12.9. The summed E-state index contributed by atoms with van der Waals surface area (Å²) in [5.41, 5.74) is 1.05. The van der Waals surface area contributed by atoms with Crippen LogP contribution >= 0.6 is 0 Å². The number of nitrogens with zero attached hydrogens (tertiary/aromatic N) is 3. The van der Waals surface area contributed by atoms with E-state index in [1.807, 2.05) is 24.4 Å². The molecular weight excluding hydrogens is 262 g/mol. The van der Waals surface area contributed by atoms with Gasteiger partial charge in [-0.15, -0.1) is 0 Å². The zero-order valence-corrected chi connectivity index (χ0v) is 12.9. The Morgan fingerprint density at radius 3 is 2.76 bits per heavy atom. The number of amides is 1. The van der Waals surface area contributed by atoms with E-state index in [1.165, 1.54) is 25.7 Å². The molecule has 1 saturated carbocycles. The average molecular weight is 287 g/mol. The minimum Gasteiger partial charge on any atom is -0.340 e. The predicted octanol–water partition coefficient (Wildman–Crippen LogP) is 2.48. The molecule has 2 fully saturated rings. The third-order valence-electron chi connectivity index (χ3n) is 4.97. The van der Waals surface area contributed by atoms with Crippen LogP contribution in [0.2, 0.25) is 0 Å². The summed E-state index contributed by atoms with van der Waals surface area (Å²) in [6.07, 6.45) is 7.12. The lowest BCUT2D eigenvalue weighted by Crippen LogP contribution is -2.52. The maximum atomic E-state index is 12.4. The monoisotopic (exact) mass is 287 g/mol. The van der Waals surface area contributed by atoms with Crippen molar-refractivity contribution in [3.05, 3.63) is 30.1 Å². The summed E-state index contributed by atoms with van der Waals surface area (Å²) in [6, 6.07) is 6.20. The molecule has 1 saturated heterocycles. The first-order chi connectivity index (χ1) is 10.2. The molecule has 4 nitrogen and oxygen atoms in total. The molecule has 114 valence electrons. The van der Waals surface area contributed by atoms with Crippen molar-refractivity contribution in [3.8, 4) is 0 Å². The molecule has 0 spiro atoms. The number of aromatic nitrogens is 1. The van der Waals surface area contributed by atoms with Crippen molar-refractivity contribution in [1.29, 1.82) is 0 Å². The van der Waals surface area contributed by atoms with Crippen molar-refractivity contribution < 1.29 is 4.79 Å². The van der Waals surface area contributed by atoms with Crippen molar-refractivity contribution in [2.75, 3.05) is 26.2 Å². The average Bonchev–Trinajstić information content (AvgIpc) is 3.02. The highest BCUT2D eigenvalue weighted by atomic mass is 16.2. The fraction of sp³-hybridized carbons (Fsp3) is 0.647. The van der Waals surface area contributed by atoms with Crippen LogP contribution in [-0.2, 0) is 4.79 Å². The maximum absolute atomic E-state index is 12.4. The van der Waals surface area contributed by atoms with Crippen LogP contribution in [0.1, 0.15) is 44.3 Å². The second kappa shape index (κ2) is 6.56. The molecule has 0 radical (unpaired) electrons. The molecule has 1 atom stereocenters. The first kappa shape index (κ1) is 14.5. The highest BCUT2D eigenvalue weighted by molar-refractivity contribution is 5.79. The lowest BCUT2D eigenvalue weighted by atomic mass is 10.1. The molecule has 0 unspecified atom stereocenters. The Morgan fingerprint density at radius 1 is 1.29 bits per heavy atom. The molecule has 4 heteroatoms. The van der Waals surface area contributed by atoms with Gasteiger partial charge in [-0.3, -0.25) is 14.7 Å². The largest absolute Gasteiger partial charge is 0.340 e. The van der Waals surface area contributed by atoms with Gasteiger partial charge in [-0.25, -0.2) is 0 Å². The summed E-state index contributed by atoms with van der Waals surface area (Å²) in [6.45, 7) is 5.47. The summed E-state index contributed by atoms with van der Waals surface area (Å²) in [5.74, 6) is 1.03. The van der Waals surface area contributed by atoms with Crippen LogP contribution < -0.4 is 0 Å². The number of carbonyl (C=O) groups excluding carboxylic acids is 1. The predicted molar refractivity (Wildman–Crippen MR) is 82.8 cm³/mol. The molecule has 2 heterocycles. The summed E-state index contributed by atoms with van der Waals surface area (Å²) >= 11 is 0. The minimum absolute atomic E-state index is 0.212. The molecule has 1 amide bonds. The zero-order chi connectivity index (χ0) is 14.7. The van der Waals surface area contributed by atoms with Crippen LogP contribution in [0.25, 0.3) is 0 Å². The molecule has 0 aromatic carbocycles. The molecular formula is C17H25N3O. The van der Waals surface area contributed by atoms with Gasteiger partial charge in [-0.1, -0.05) is 18.9 Å². The summed E-state index contributed by atoms with van der Waals surface area (Å²) < 4.78 is 0. The van der Waals surface area contributed by atoms with Crippen LogP contribution in [0.15, 0.2) is 24.4 Å². The van der Waals surface area contributed by atoms with Crippen molar-refractivity contribution in [2.24, 2.45) is 5.92 Å². The first-order valence-electron chi connectivity index (χ1n) is 8.17. The molecule has 21 heavy (non-hydrogen) atoms. The summed E-state index contributed by atoms with van der Waals surface area (Å²) in [7, 11) is 0. The standard InChI is InChI=1S/C17H25N3O/c1-14(16-8-4-5-9-18-16)19-10-11-20(17(21)13-19)12-15-6-2-3-7-15/h4-5,8-9,14-15H,2-3,6-7,10-13H2,1H3/t14-/m0/s1. The summed E-state index contributed by atoms with van der Waals surface area (Å²) in [4.78, 5) is 21.1. The van der Waals surface area contributed by atoms with Crippen LogP contribution in [0, 0.1) is 5.92 Å². The lowest BCUT2D eigenvalue weighted by Gasteiger charge is -2.38. The maximum Gasteiger partial charge on any atom is 0.236 e. The van der Waals surface area contributed by atoms with E-state index in [1.54, 1.807) is 0 Å². The Balaban J connectivity index is 1.56. The second-order valence-electron chi connectivity index (χ2n) is 6.39. The highest BCUT2D eigenvalue weighted by Gasteiger charge is 2.29. The Morgan fingerprint density at radius 2 is 2.10 bits per heavy atom. The van der Waals surface area contributed by atoms with Gasteiger partial charge in [-0.05, 0) is 37.8 Å². The van der Waals surface area contributed by atoms with Gasteiger partial charge in [0, 0.05) is 31.9 Å². The van der Waals surface area contributed by atoms with E-state index < -0.39 is 0 Å². The number of hydrogen-bond acceptors (Lipinski definition) is 3. The van der Waals surface area contributed by atoms with E-state index in [2.05, 4.69) is 21.7 Å². The highest BCUT2D eigenvalue weighted by Crippen LogP contribution is 2.27. The van der Waals surface area contributed by atoms with Crippen molar-refractivity contribution >= 4 is 5.91 Å². The van der Waals surface area contributed by atoms with E-state index in [0.717, 1.165) is 31.2 Å². The SMILES string of the molecule is C[C@@H](c1ccccn1)N1CCN(CC2CCCC2)C(=O)C1. The van der Waals surface area contributed by atoms with Crippen LogP contribution in [-0.4, -0.2) is 46.9 Å². The molecule has 1 aliphatic heterocycles. The van der Waals surface area contributed by atoms with E-state index in [4.69, 9.17) is 0 Å². The molecule has 0 N–H and O–H groups in total. The van der Waals surface area contributed by atoms with Gasteiger partial charge >= 0.3 is 0 Å².